The molecule has 0 heterocycles. The van der Waals surface area contributed by atoms with Crippen LogP contribution in [0.4, 0.5) is 5.69 Å². The van der Waals surface area contributed by atoms with Gasteiger partial charge in [-0.3, -0.25) is 0 Å². The Labute approximate surface area is 123 Å². The molecule has 0 bridgehead atoms. The number of nitrogens with zero attached hydrogens (tertiary/aromatic N) is 1. The van der Waals surface area contributed by atoms with E-state index < -0.39 is 0 Å². The fraction of sp³-hybridized carbons (Fsp3) is 0.0556. The van der Waals surface area contributed by atoms with E-state index in [0.717, 1.165) is 22.1 Å². The molecule has 0 saturated carbocycles. The molecule has 2 N–H and O–H groups in total. The number of anilines is 1. The molecule has 0 aliphatic carbocycles. The van der Waals surface area contributed by atoms with Crippen molar-refractivity contribution in [2.24, 2.45) is 0 Å². The lowest BCUT2D eigenvalue weighted by molar-refractivity contribution is 0.485. The average Bonchev–Trinajstić information content (AvgIpc) is 2.50. The number of benzene rings is 3. The van der Waals surface area contributed by atoms with Crippen molar-refractivity contribution in [3.63, 3.8) is 0 Å². The van der Waals surface area contributed by atoms with Gasteiger partial charge in [0.2, 0.25) is 0 Å². The molecular weight excluding hydrogens is 260 g/mol. The Kier molecular flexibility index (Phi) is 3.21. The minimum atomic E-state index is 0.612. The van der Waals surface area contributed by atoms with Crippen LogP contribution in [0.3, 0.4) is 0 Å². The van der Waals surface area contributed by atoms with Crippen molar-refractivity contribution in [2.75, 3.05) is 5.73 Å². The topological polar surface area (TPSA) is 59.0 Å². The fourth-order valence-corrected chi connectivity index (χ4v) is 2.21. The molecule has 0 amide bonds. The van der Waals surface area contributed by atoms with Crippen LogP contribution >= 0.6 is 0 Å². The maximum absolute atomic E-state index is 8.91. The molecule has 21 heavy (non-hydrogen) atoms. The third kappa shape index (κ3) is 2.65. The smallest absolute Gasteiger partial charge is 0.150 e. The van der Waals surface area contributed by atoms with Crippen LogP contribution in [0, 0.1) is 18.3 Å². The number of aryl methyl sites for hydroxylation is 1. The van der Waals surface area contributed by atoms with E-state index in [2.05, 4.69) is 6.07 Å². The highest BCUT2D eigenvalue weighted by atomic mass is 16.5. The second kappa shape index (κ2) is 5.18. The first-order valence-corrected chi connectivity index (χ1v) is 6.63. The maximum atomic E-state index is 8.91. The minimum Gasteiger partial charge on any atom is -0.455 e. The summed E-state index contributed by atoms with van der Waals surface area (Å²) in [4.78, 5) is 0. The molecule has 0 unspecified atom stereocenters. The van der Waals surface area contributed by atoms with Crippen LogP contribution < -0.4 is 10.5 Å². The van der Waals surface area contributed by atoms with Crippen LogP contribution in [-0.2, 0) is 0 Å². The quantitative estimate of drug-likeness (QED) is 0.705. The van der Waals surface area contributed by atoms with Gasteiger partial charge in [-0.2, -0.15) is 5.26 Å². The third-order valence-electron chi connectivity index (χ3n) is 3.34. The van der Waals surface area contributed by atoms with E-state index in [9.17, 15) is 0 Å². The zero-order valence-electron chi connectivity index (χ0n) is 11.6. The zero-order valence-corrected chi connectivity index (χ0v) is 11.6. The molecular formula is C18H14N2O. The first-order valence-electron chi connectivity index (χ1n) is 6.63. The predicted molar refractivity (Wildman–Crippen MR) is 84.3 cm³/mol. The molecule has 0 spiro atoms. The normalized spacial score (nSPS) is 10.3. The number of hydrogen-bond donors (Lipinski definition) is 1. The number of rotatable bonds is 2. The third-order valence-corrected chi connectivity index (χ3v) is 3.34. The molecule has 3 aromatic rings. The van der Waals surface area contributed by atoms with E-state index in [1.54, 1.807) is 6.07 Å². The molecule has 3 rings (SSSR count). The molecule has 0 atom stereocenters. The Bertz CT molecular complexity index is 863. The van der Waals surface area contributed by atoms with Crippen molar-refractivity contribution >= 4 is 16.5 Å². The minimum absolute atomic E-state index is 0.612. The lowest BCUT2D eigenvalue weighted by Gasteiger charge is -2.10. The van der Waals surface area contributed by atoms with Gasteiger partial charge in [0.15, 0.2) is 5.75 Å². The molecule has 0 aromatic heterocycles. The van der Waals surface area contributed by atoms with Gasteiger partial charge in [0.25, 0.3) is 0 Å². The molecule has 0 radical (unpaired) electrons. The molecule has 0 aliphatic heterocycles. The first-order chi connectivity index (χ1) is 10.2. The summed E-state index contributed by atoms with van der Waals surface area (Å²) in [6, 6.07) is 19.2. The fourth-order valence-electron chi connectivity index (χ4n) is 2.21. The van der Waals surface area contributed by atoms with Gasteiger partial charge in [0.05, 0.1) is 17.3 Å². The number of nitrogens with two attached hydrogens (primary N) is 1. The van der Waals surface area contributed by atoms with Crippen molar-refractivity contribution in [3.05, 3.63) is 65.7 Å². The molecule has 3 aromatic carbocycles. The van der Waals surface area contributed by atoms with Gasteiger partial charge in [-0.05, 0) is 59.7 Å². The van der Waals surface area contributed by atoms with E-state index >= 15 is 0 Å². The summed E-state index contributed by atoms with van der Waals surface area (Å²) in [6.45, 7) is 2.00. The van der Waals surface area contributed by atoms with Crippen LogP contribution in [0.15, 0.2) is 54.6 Å². The van der Waals surface area contributed by atoms with Gasteiger partial charge in [-0.1, -0.05) is 18.2 Å². The van der Waals surface area contributed by atoms with Crippen LogP contribution in [0.2, 0.25) is 0 Å². The van der Waals surface area contributed by atoms with Crippen molar-refractivity contribution in [1.29, 1.82) is 5.26 Å². The van der Waals surface area contributed by atoms with Crippen LogP contribution in [0.1, 0.15) is 11.1 Å². The summed E-state index contributed by atoms with van der Waals surface area (Å²) in [5.74, 6) is 1.38. The van der Waals surface area contributed by atoms with Crippen LogP contribution in [0.5, 0.6) is 11.5 Å². The van der Waals surface area contributed by atoms with Gasteiger partial charge >= 0.3 is 0 Å². The predicted octanol–water partition coefficient (Wildman–Crippen LogP) is 4.39. The van der Waals surface area contributed by atoms with Crippen molar-refractivity contribution < 1.29 is 4.74 Å². The molecule has 0 aliphatic rings. The highest BCUT2D eigenvalue weighted by molar-refractivity contribution is 5.85. The first kappa shape index (κ1) is 13.0. The summed E-state index contributed by atoms with van der Waals surface area (Å²) >= 11 is 0. The van der Waals surface area contributed by atoms with Gasteiger partial charge in [-0.15, -0.1) is 0 Å². The average molecular weight is 274 g/mol. The van der Waals surface area contributed by atoms with E-state index in [4.69, 9.17) is 15.7 Å². The van der Waals surface area contributed by atoms with E-state index in [-0.39, 0.29) is 0 Å². The summed E-state index contributed by atoms with van der Waals surface area (Å²) in [5, 5.41) is 11.0. The van der Waals surface area contributed by atoms with E-state index in [1.807, 2.05) is 55.5 Å². The Morgan fingerprint density at radius 3 is 2.52 bits per heavy atom. The Morgan fingerprint density at radius 2 is 1.71 bits per heavy atom. The standard InChI is InChI=1S/C18H14N2O/c1-12-2-7-17(20)18(8-12)21-16-6-5-14-9-13(11-19)3-4-15(14)10-16/h2-10H,20H2,1H3. The molecule has 102 valence electrons. The van der Waals surface area contributed by atoms with E-state index in [0.29, 0.717) is 17.0 Å². The number of hydrogen-bond acceptors (Lipinski definition) is 3. The van der Waals surface area contributed by atoms with Gasteiger partial charge < -0.3 is 10.5 Å². The van der Waals surface area contributed by atoms with Gasteiger partial charge in [-0.25, -0.2) is 0 Å². The number of nitriles is 1. The summed E-state index contributed by atoms with van der Waals surface area (Å²) < 4.78 is 5.86. The summed E-state index contributed by atoms with van der Waals surface area (Å²) in [5.41, 5.74) is 8.29. The number of ether oxygens (including phenoxy) is 1. The Balaban J connectivity index is 1.98. The van der Waals surface area contributed by atoms with E-state index in [1.165, 1.54) is 0 Å². The second-order valence-corrected chi connectivity index (χ2v) is 4.98. The van der Waals surface area contributed by atoms with Crippen molar-refractivity contribution in [2.45, 2.75) is 6.92 Å². The van der Waals surface area contributed by atoms with Crippen LogP contribution in [0.25, 0.3) is 10.8 Å². The largest absolute Gasteiger partial charge is 0.455 e. The van der Waals surface area contributed by atoms with Crippen molar-refractivity contribution in [1.82, 2.24) is 0 Å². The highest BCUT2D eigenvalue weighted by Crippen LogP contribution is 2.30. The summed E-state index contributed by atoms with van der Waals surface area (Å²) in [6.07, 6.45) is 0. The highest BCUT2D eigenvalue weighted by Gasteiger charge is 2.04. The SMILES string of the molecule is Cc1ccc(N)c(Oc2ccc3cc(C#N)ccc3c2)c1. The number of nitrogen functional groups attached to an aromatic ring is 1. The molecule has 0 saturated heterocycles. The lowest BCUT2D eigenvalue weighted by Crippen LogP contribution is -1.92. The number of fused-ring (bicyclic) bond motifs is 1. The van der Waals surface area contributed by atoms with Crippen LogP contribution in [-0.4, -0.2) is 0 Å². The van der Waals surface area contributed by atoms with Gasteiger partial charge in [0, 0.05) is 0 Å². The maximum Gasteiger partial charge on any atom is 0.150 e. The Morgan fingerprint density at radius 1 is 0.952 bits per heavy atom. The monoisotopic (exact) mass is 274 g/mol. The van der Waals surface area contributed by atoms with Crippen molar-refractivity contribution in [3.8, 4) is 17.6 Å². The second-order valence-electron chi connectivity index (χ2n) is 4.98. The molecule has 0 fully saturated rings. The zero-order chi connectivity index (χ0) is 14.8. The van der Waals surface area contributed by atoms with Gasteiger partial charge in [0.1, 0.15) is 5.75 Å². The lowest BCUT2D eigenvalue weighted by atomic mass is 10.1. The molecule has 3 nitrogen and oxygen atoms in total. The summed E-state index contributed by atoms with van der Waals surface area (Å²) in [7, 11) is 0. The molecule has 3 heteroatoms. The Hall–Kier alpha value is -2.99.